The van der Waals surface area contributed by atoms with E-state index in [4.69, 9.17) is 0 Å². The first-order chi connectivity index (χ1) is 9.69. The molecule has 2 N–H and O–H groups in total. The third-order valence-electron chi connectivity index (χ3n) is 2.76. The van der Waals surface area contributed by atoms with Gasteiger partial charge in [-0.05, 0) is 25.6 Å². The molecule has 1 heterocycles. The van der Waals surface area contributed by atoms with Gasteiger partial charge in [0.2, 0.25) is 5.91 Å². The molecule has 0 unspecified atom stereocenters. The number of carbonyl (C=O) groups excluding carboxylic acids is 1. The number of carbonyl (C=O) groups is 1. The van der Waals surface area contributed by atoms with E-state index in [-0.39, 0.29) is 18.3 Å². The molecular weight excluding hydrogens is 326 g/mol. The maximum Gasteiger partial charge on any atom is 0.230 e. The molecule has 0 saturated heterocycles. The van der Waals surface area contributed by atoms with Gasteiger partial charge in [0.1, 0.15) is 0 Å². The van der Waals surface area contributed by atoms with Gasteiger partial charge in [0.25, 0.3) is 0 Å². The van der Waals surface area contributed by atoms with Gasteiger partial charge >= 0.3 is 0 Å². The van der Waals surface area contributed by atoms with Gasteiger partial charge in [-0.3, -0.25) is 4.79 Å². The Morgan fingerprint density at radius 3 is 2.90 bits per heavy atom. The van der Waals surface area contributed by atoms with Crippen molar-refractivity contribution in [3.8, 4) is 0 Å². The average Bonchev–Trinajstić information content (AvgIpc) is 2.86. The fraction of sp³-hybridized carbons (Fsp3) is 0.429. The molecule has 1 amide bonds. The van der Waals surface area contributed by atoms with E-state index in [0.29, 0.717) is 18.3 Å². The minimum atomic E-state index is 0. The van der Waals surface area contributed by atoms with Crippen molar-refractivity contribution in [2.45, 2.75) is 24.2 Å². The largest absolute Gasteiger partial charge is 0.354 e. The molecule has 0 fully saturated rings. The van der Waals surface area contributed by atoms with Gasteiger partial charge < -0.3 is 10.6 Å². The molecular formula is C14H20ClN3OS2. The molecule has 7 heteroatoms. The van der Waals surface area contributed by atoms with Gasteiger partial charge in [-0.25, -0.2) is 4.98 Å². The number of nitrogens with zero attached hydrogens (tertiary/aromatic N) is 1. The molecule has 0 radical (unpaired) electrons. The lowest BCUT2D eigenvalue weighted by Crippen LogP contribution is -2.39. The van der Waals surface area contributed by atoms with Crippen molar-refractivity contribution >= 4 is 51.6 Å². The smallest absolute Gasteiger partial charge is 0.230 e. The van der Waals surface area contributed by atoms with Crippen molar-refractivity contribution in [2.24, 2.45) is 0 Å². The van der Waals surface area contributed by atoms with Crippen LogP contribution < -0.4 is 10.6 Å². The van der Waals surface area contributed by atoms with Crippen LogP contribution in [-0.2, 0) is 4.79 Å². The highest BCUT2D eigenvalue weighted by molar-refractivity contribution is 8.01. The Morgan fingerprint density at radius 2 is 2.19 bits per heavy atom. The maximum atomic E-state index is 11.8. The summed E-state index contributed by atoms with van der Waals surface area (Å²) in [6.45, 7) is 5.69. The second-order valence-electron chi connectivity index (χ2n) is 4.50. The summed E-state index contributed by atoms with van der Waals surface area (Å²) in [6.07, 6.45) is 0. The minimum absolute atomic E-state index is 0. The Kier molecular flexibility index (Phi) is 8.03. The molecule has 2 rings (SSSR count). The van der Waals surface area contributed by atoms with Crippen LogP contribution in [0.1, 0.15) is 13.8 Å². The molecule has 116 valence electrons. The van der Waals surface area contributed by atoms with Crippen molar-refractivity contribution in [3.63, 3.8) is 0 Å². The second-order valence-corrected chi connectivity index (χ2v) is 6.75. The van der Waals surface area contributed by atoms with E-state index in [2.05, 4.69) is 35.5 Å². The highest BCUT2D eigenvalue weighted by Gasteiger charge is 2.08. The minimum Gasteiger partial charge on any atom is -0.354 e. The molecule has 4 nitrogen and oxygen atoms in total. The van der Waals surface area contributed by atoms with Crippen LogP contribution in [0.5, 0.6) is 0 Å². The number of fused-ring (bicyclic) bond motifs is 1. The zero-order valence-electron chi connectivity index (χ0n) is 12.1. The van der Waals surface area contributed by atoms with E-state index < -0.39 is 0 Å². The van der Waals surface area contributed by atoms with E-state index in [0.717, 1.165) is 21.1 Å². The maximum absolute atomic E-state index is 11.8. The fourth-order valence-corrected chi connectivity index (χ4v) is 3.68. The van der Waals surface area contributed by atoms with E-state index in [1.165, 1.54) is 11.8 Å². The SMILES string of the molecule is CCN[C@H](C)CNC(=O)CSc1nc2ccccc2s1.Cl. The molecule has 1 atom stereocenters. The lowest BCUT2D eigenvalue weighted by Gasteiger charge is -2.12. The number of thiazole rings is 1. The van der Waals surface area contributed by atoms with Crippen molar-refractivity contribution in [1.29, 1.82) is 0 Å². The second kappa shape index (κ2) is 9.25. The molecule has 2 aromatic rings. The Labute approximate surface area is 139 Å². The van der Waals surface area contributed by atoms with E-state index in [9.17, 15) is 4.79 Å². The first-order valence-electron chi connectivity index (χ1n) is 6.67. The molecule has 0 spiro atoms. The van der Waals surface area contributed by atoms with E-state index >= 15 is 0 Å². The van der Waals surface area contributed by atoms with Gasteiger partial charge in [0.15, 0.2) is 4.34 Å². The molecule has 0 bridgehead atoms. The van der Waals surface area contributed by atoms with Gasteiger partial charge in [0, 0.05) is 12.6 Å². The van der Waals surface area contributed by atoms with Crippen LogP contribution >= 0.6 is 35.5 Å². The quantitative estimate of drug-likeness (QED) is 0.757. The summed E-state index contributed by atoms with van der Waals surface area (Å²) < 4.78 is 2.11. The Bertz CT molecular complexity index is 543. The summed E-state index contributed by atoms with van der Waals surface area (Å²) in [5, 5.41) is 6.19. The highest BCUT2D eigenvalue weighted by atomic mass is 35.5. The van der Waals surface area contributed by atoms with Crippen molar-refractivity contribution < 1.29 is 4.79 Å². The molecule has 0 aliphatic heterocycles. The van der Waals surface area contributed by atoms with Crippen molar-refractivity contribution in [3.05, 3.63) is 24.3 Å². The summed E-state index contributed by atoms with van der Waals surface area (Å²) in [6, 6.07) is 8.33. The number of rotatable bonds is 7. The van der Waals surface area contributed by atoms with Crippen LogP contribution in [0.25, 0.3) is 10.2 Å². The van der Waals surface area contributed by atoms with Crippen LogP contribution in [0.4, 0.5) is 0 Å². The fourth-order valence-electron chi connectivity index (χ4n) is 1.78. The monoisotopic (exact) mass is 345 g/mol. The number of nitrogens with one attached hydrogen (secondary N) is 2. The number of hydrogen-bond acceptors (Lipinski definition) is 5. The van der Waals surface area contributed by atoms with E-state index in [1.54, 1.807) is 11.3 Å². The summed E-state index contributed by atoms with van der Waals surface area (Å²) in [5.74, 6) is 0.470. The lowest BCUT2D eigenvalue weighted by molar-refractivity contribution is -0.118. The normalized spacial score (nSPS) is 11.9. The Hall–Kier alpha value is -0.820. The molecule has 0 saturated carbocycles. The van der Waals surface area contributed by atoms with E-state index in [1.807, 2.05) is 18.2 Å². The number of amides is 1. The topological polar surface area (TPSA) is 54.0 Å². The molecule has 0 aliphatic carbocycles. The molecule has 1 aromatic carbocycles. The van der Waals surface area contributed by atoms with Crippen molar-refractivity contribution in [2.75, 3.05) is 18.8 Å². The first kappa shape index (κ1) is 18.2. The van der Waals surface area contributed by atoms with Crippen LogP contribution in [0.2, 0.25) is 0 Å². The molecule has 21 heavy (non-hydrogen) atoms. The van der Waals surface area contributed by atoms with Gasteiger partial charge in [-0.15, -0.1) is 23.7 Å². The van der Waals surface area contributed by atoms with Gasteiger partial charge in [-0.2, -0.15) is 0 Å². The number of halogens is 1. The average molecular weight is 346 g/mol. The number of thioether (sulfide) groups is 1. The third kappa shape index (κ3) is 5.82. The van der Waals surface area contributed by atoms with Crippen LogP contribution in [0, 0.1) is 0 Å². The zero-order chi connectivity index (χ0) is 14.4. The van der Waals surface area contributed by atoms with Gasteiger partial charge in [-0.1, -0.05) is 30.8 Å². The number of hydrogen-bond donors (Lipinski definition) is 2. The summed E-state index contributed by atoms with van der Waals surface area (Å²) in [5.41, 5.74) is 1.00. The number of aromatic nitrogens is 1. The Balaban J connectivity index is 0.00000220. The number of para-hydroxylation sites is 1. The number of likely N-dealkylation sites (N-methyl/N-ethyl adjacent to an activating group) is 1. The summed E-state index contributed by atoms with van der Waals surface area (Å²) in [4.78, 5) is 16.3. The third-order valence-corrected chi connectivity index (χ3v) is 4.94. The first-order valence-corrected chi connectivity index (χ1v) is 8.47. The van der Waals surface area contributed by atoms with Crippen LogP contribution in [0.3, 0.4) is 0 Å². The Morgan fingerprint density at radius 1 is 1.43 bits per heavy atom. The zero-order valence-corrected chi connectivity index (χ0v) is 14.5. The summed E-state index contributed by atoms with van der Waals surface area (Å²) in [7, 11) is 0. The van der Waals surface area contributed by atoms with Crippen LogP contribution in [-0.4, -0.2) is 35.8 Å². The van der Waals surface area contributed by atoms with Crippen molar-refractivity contribution in [1.82, 2.24) is 15.6 Å². The lowest BCUT2D eigenvalue weighted by atomic mass is 10.3. The number of benzene rings is 1. The molecule has 1 aromatic heterocycles. The predicted octanol–water partition coefficient (Wildman–Crippen LogP) is 2.92. The van der Waals surface area contributed by atoms with Gasteiger partial charge in [0.05, 0.1) is 16.0 Å². The highest BCUT2D eigenvalue weighted by Crippen LogP contribution is 2.28. The summed E-state index contributed by atoms with van der Waals surface area (Å²) >= 11 is 3.13. The standard InChI is InChI=1S/C14H19N3OS2.ClH/c1-3-15-10(2)8-16-13(18)9-19-14-17-11-6-4-5-7-12(11)20-14;/h4-7,10,15H,3,8-9H2,1-2H3,(H,16,18);1H/t10-;/m1./s1. The molecule has 0 aliphatic rings. The predicted molar refractivity (Wildman–Crippen MR) is 93.7 cm³/mol. The van der Waals surface area contributed by atoms with Crippen LogP contribution in [0.15, 0.2) is 28.6 Å².